The van der Waals surface area contributed by atoms with Crippen LogP contribution in [-0.4, -0.2) is 25.8 Å². The Morgan fingerprint density at radius 3 is 2.87 bits per heavy atom. The van der Waals surface area contributed by atoms with Crippen LogP contribution >= 0.6 is 15.9 Å². The number of hydrazone groups is 1. The first-order valence-corrected chi connectivity index (χ1v) is 7.74. The third-order valence-corrected chi connectivity index (χ3v) is 3.61. The smallest absolute Gasteiger partial charge is 0.274 e. The molecule has 2 rings (SSSR count). The van der Waals surface area contributed by atoms with Crippen molar-refractivity contribution >= 4 is 28.1 Å². The van der Waals surface area contributed by atoms with Crippen LogP contribution in [0.3, 0.4) is 0 Å². The second-order valence-corrected chi connectivity index (χ2v) is 5.41. The van der Waals surface area contributed by atoms with E-state index < -0.39 is 0 Å². The van der Waals surface area contributed by atoms with Crippen molar-refractivity contribution in [2.45, 2.75) is 13.8 Å². The van der Waals surface area contributed by atoms with Gasteiger partial charge in [-0.25, -0.2) is 5.43 Å². The van der Waals surface area contributed by atoms with Crippen molar-refractivity contribution < 1.29 is 18.7 Å². The van der Waals surface area contributed by atoms with Gasteiger partial charge >= 0.3 is 0 Å². The molecule has 1 amide bonds. The van der Waals surface area contributed by atoms with E-state index in [1.165, 1.54) is 12.5 Å². The maximum absolute atomic E-state index is 11.9. The molecule has 0 aliphatic rings. The third kappa shape index (κ3) is 4.13. The fourth-order valence-corrected chi connectivity index (χ4v) is 2.59. The molecule has 0 unspecified atom stereocenters. The van der Waals surface area contributed by atoms with Gasteiger partial charge in [0.05, 0.1) is 36.2 Å². The van der Waals surface area contributed by atoms with Gasteiger partial charge in [0.15, 0.2) is 11.5 Å². The second kappa shape index (κ2) is 7.82. The molecule has 0 aliphatic carbocycles. The Balaban J connectivity index is 2.13. The minimum absolute atomic E-state index is 0.329. The average Bonchev–Trinajstić information content (AvgIpc) is 2.93. The predicted octanol–water partition coefficient (Wildman–Crippen LogP) is 3.52. The largest absolute Gasteiger partial charge is 0.492 e. The zero-order chi connectivity index (χ0) is 16.8. The van der Waals surface area contributed by atoms with Gasteiger partial charge < -0.3 is 13.9 Å². The van der Waals surface area contributed by atoms with Crippen LogP contribution < -0.4 is 14.9 Å². The highest BCUT2D eigenvalue weighted by Gasteiger charge is 2.11. The highest BCUT2D eigenvalue weighted by atomic mass is 79.9. The molecule has 1 N–H and O–H groups in total. The van der Waals surface area contributed by atoms with Gasteiger partial charge in [0.25, 0.3) is 5.91 Å². The maximum Gasteiger partial charge on any atom is 0.274 e. The molecule has 0 saturated heterocycles. The number of amides is 1. The zero-order valence-electron chi connectivity index (χ0n) is 13.1. The van der Waals surface area contributed by atoms with Gasteiger partial charge in [0, 0.05) is 0 Å². The number of benzene rings is 1. The molecule has 1 heterocycles. The van der Waals surface area contributed by atoms with Crippen molar-refractivity contribution in [3.63, 3.8) is 0 Å². The van der Waals surface area contributed by atoms with Crippen LogP contribution in [0, 0.1) is 6.92 Å². The number of ether oxygens (including phenoxy) is 2. The molecule has 1 aromatic heterocycles. The summed E-state index contributed by atoms with van der Waals surface area (Å²) >= 11 is 3.42. The summed E-state index contributed by atoms with van der Waals surface area (Å²) in [6.07, 6.45) is 2.99. The molecule has 7 heteroatoms. The highest BCUT2D eigenvalue weighted by molar-refractivity contribution is 9.10. The molecule has 2 aromatic rings. The summed E-state index contributed by atoms with van der Waals surface area (Å²) in [5, 5.41) is 3.95. The van der Waals surface area contributed by atoms with Crippen LogP contribution in [0.15, 0.2) is 38.5 Å². The second-order valence-electron chi connectivity index (χ2n) is 4.56. The fourth-order valence-electron chi connectivity index (χ4n) is 1.97. The van der Waals surface area contributed by atoms with E-state index in [0.717, 1.165) is 10.0 Å². The van der Waals surface area contributed by atoms with E-state index in [4.69, 9.17) is 13.9 Å². The topological polar surface area (TPSA) is 73.1 Å². The van der Waals surface area contributed by atoms with E-state index in [0.29, 0.717) is 29.4 Å². The molecule has 23 heavy (non-hydrogen) atoms. The van der Waals surface area contributed by atoms with Crippen molar-refractivity contribution in [2.75, 3.05) is 13.7 Å². The molecule has 6 nitrogen and oxygen atoms in total. The number of methoxy groups -OCH3 is 1. The first-order chi connectivity index (χ1) is 11.1. The minimum Gasteiger partial charge on any atom is -0.492 e. The molecule has 0 radical (unpaired) electrons. The lowest BCUT2D eigenvalue weighted by molar-refractivity contribution is 0.0953. The molecule has 0 atom stereocenters. The Bertz CT molecular complexity index is 725. The van der Waals surface area contributed by atoms with Gasteiger partial charge in [-0.1, -0.05) is 0 Å². The number of nitrogens with zero attached hydrogens (tertiary/aromatic N) is 1. The van der Waals surface area contributed by atoms with Crippen molar-refractivity contribution in [1.82, 2.24) is 5.43 Å². The summed E-state index contributed by atoms with van der Waals surface area (Å²) in [5.41, 5.74) is 3.66. The quantitative estimate of drug-likeness (QED) is 0.614. The standard InChI is InChI=1S/C16H17BrN2O4/c1-4-22-14-8-11(7-13(17)15(14)21-3)9-18-19-16(20)12-5-6-23-10(12)2/h5-9H,4H2,1-3H3,(H,19,20)/b18-9-. The number of furan rings is 1. The van der Waals surface area contributed by atoms with E-state index >= 15 is 0 Å². The van der Waals surface area contributed by atoms with Gasteiger partial charge in [0.2, 0.25) is 0 Å². The van der Waals surface area contributed by atoms with Gasteiger partial charge in [-0.3, -0.25) is 4.79 Å². The van der Waals surface area contributed by atoms with Crippen molar-refractivity contribution in [3.8, 4) is 11.5 Å². The van der Waals surface area contributed by atoms with E-state index in [9.17, 15) is 4.79 Å². The number of aryl methyl sites for hydroxylation is 1. The molecule has 0 spiro atoms. The zero-order valence-corrected chi connectivity index (χ0v) is 14.6. The molecule has 0 fully saturated rings. The van der Waals surface area contributed by atoms with Gasteiger partial charge in [-0.2, -0.15) is 5.10 Å². The van der Waals surface area contributed by atoms with Crippen LogP contribution in [-0.2, 0) is 0 Å². The van der Waals surface area contributed by atoms with Crippen molar-refractivity contribution in [1.29, 1.82) is 0 Å². The van der Waals surface area contributed by atoms with E-state index in [1.807, 2.05) is 13.0 Å². The number of carbonyl (C=O) groups excluding carboxylic acids is 1. The summed E-state index contributed by atoms with van der Waals surface area (Å²) in [7, 11) is 1.57. The number of rotatable bonds is 6. The Morgan fingerprint density at radius 2 is 2.26 bits per heavy atom. The van der Waals surface area contributed by atoms with Gasteiger partial charge in [-0.05, 0) is 53.5 Å². The minimum atomic E-state index is -0.329. The third-order valence-electron chi connectivity index (χ3n) is 3.02. The predicted molar refractivity (Wildman–Crippen MR) is 90.4 cm³/mol. The van der Waals surface area contributed by atoms with Crippen LogP contribution in [0.1, 0.15) is 28.6 Å². The van der Waals surface area contributed by atoms with Crippen LogP contribution in [0.2, 0.25) is 0 Å². The molecule has 122 valence electrons. The number of nitrogens with one attached hydrogen (secondary N) is 1. The number of carbonyl (C=O) groups is 1. The lowest BCUT2D eigenvalue weighted by Gasteiger charge is -2.11. The number of halogens is 1. The molecule has 1 aromatic carbocycles. The molecule has 0 aliphatic heterocycles. The highest BCUT2D eigenvalue weighted by Crippen LogP contribution is 2.36. The van der Waals surface area contributed by atoms with Gasteiger partial charge in [0.1, 0.15) is 5.76 Å². The molecule has 0 saturated carbocycles. The monoisotopic (exact) mass is 380 g/mol. The normalized spacial score (nSPS) is 10.8. The maximum atomic E-state index is 11.9. The fraction of sp³-hybridized carbons (Fsp3) is 0.250. The average molecular weight is 381 g/mol. The van der Waals surface area contributed by atoms with E-state index in [-0.39, 0.29) is 5.91 Å². The molecular formula is C16H17BrN2O4. The first-order valence-electron chi connectivity index (χ1n) is 6.94. The molecule has 0 bridgehead atoms. The van der Waals surface area contributed by atoms with Crippen LogP contribution in [0.4, 0.5) is 0 Å². The lowest BCUT2D eigenvalue weighted by atomic mass is 10.2. The summed E-state index contributed by atoms with van der Waals surface area (Å²) in [5.74, 6) is 1.43. The van der Waals surface area contributed by atoms with Gasteiger partial charge in [-0.15, -0.1) is 0 Å². The summed E-state index contributed by atoms with van der Waals surface area (Å²) in [6, 6.07) is 5.20. The summed E-state index contributed by atoms with van der Waals surface area (Å²) in [4.78, 5) is 11.9. The Labute approximate surface area is 142 Å². The Morgan fingerprint density at radius 1 is 1.48 bits per heavy atom. The van der Waals surface area contributed by atoms with Crippen molar-refractivity contribution in [3.05, 3.63) is 45.8 Å². The van der Waals surface area contributed by atoms with Crippen LogP contribution in [0.25, 0.3) is 0 Å². The lowest BCUT2D eigenvalue weighted by Crippen LogP contribution is -2.17. The van der Waals surface area contributed by atoms with Crippen LogP contribution in [0.5, 0.6) is 11.5 Å². The Hall–Kier alpha value is -2.28. The summed E-state index contributed by atoms with van der Waals surface area (Å²) in [6.45, 7) is 4.12. The SMILES string of the molecule is CCOc1cc(/C=N\NC(=O)c2ccoc2C)cc(Br)c1OC. The van der Waals surface area contributed by atoms with E-state index in [2.05, 4.69) is 26.5 Å². The van der Waals surface area contributed by atoms with E-state index in [1.54, 1.807) is 26.2 Å². The Kier molecular flexibility index (Phi) is 5.81. The number of hydrogen-bond acceptors (Lipinski definition) is 5. The molecular weight excluding hydrogens is 364 g/mol. The number of hydrogen-bond donors (Lipinski definition) is 1. The first kappa shape index (κ1) is 17.1. The summed E-state index contributed by atoms with van der Waals surface area (Å²) < 4.78 is 16.7. The van der Waals surface area contributed by atoms with Crippen molar-refractivity contribution in [2.24, 2.45) is 5.10 Å².